The third kappa shape index (κ3) is 3.83. The Bertz CT molecular complexity index is 409. The summed E-state index contributed by atoms with van der Waals surface area (Å²) in [7, 11) is 0. The number of nitrogen functional groups attached to an aromatic ring is 1. The van der Waals surface area contributed by atoms with Gasteiger partial charge in [0.1, 0.15) is 11.6 Å². The van der Waals surface area contributed by atoms with Crippen LogP contribution in [0.1, 0.15) is 24.4 Å². The van der Waals surface area contributed by atoms with Crippen molar-refractivity contribution in [1.82, 2.24) is 14.9 Å². The van der Waals surface area contributed by atoms with Crippen LogP contribution < -0.4 is 5.73 Å². The number of alkyl halides is 3. The number of halogens is 3. The summed E-state index contributed by atoms with van der Waals surface area (Å²) in [4.78, 5) is 9.45. The van der Waals surface area contributed by atoms with E-state index in [-0.39, 0.29) is 12.6 Å². The van der Waals surface area contributed by atoms with Gasteiger partial charge >= 0.3 is 6.18 Å². The minimum Gasteiger partial charge on any atom is -0.384 e. The van der Waals surface area contributed by atoms with Crippen LogP contribution in [0.4, 0.5) is 19.0 Å². The van der Waals surface area contributed by atoms with Crippen molar-refractivity contribution in [3.05, 3.63) is 17.6 Å². The Morgan fingerprint density at radius 2 is 2.06 bits per heavy atom. The zero-order valence-corrected chi connectivity index (χ0v) is 10.0. The SMILES string of the molecule is Cc1cc(N)nc(CN(CC(F)(F)F)C2CC2)n1. The summed E-state index contributed by atoms with van der Waals surface area (Å²) in [5.41, 5.74) is 6.23. The number of rotatable bonds is 4. The lowest BCUT2D eigenvalue weighted by Gasteiger charge is -2.22. The molecule has 1 aliphatic rings. The molecule has 7 heteroatoms. The highest BCUT2D eigenvalue weighted by Gasteiger charge is 2.38. The second-order valence-electron chi connectivity index (χ2n) is 4.60. The Labute approximate surface area is 103 Å². The number of hydrogen-bond donors (Lipinski definition) is 1. The van der Waals surface area contributed by atoms with Gasteiger partial charge in [-0.1, -0.05) is 0 Å². The second-order valence-corrected chi connectivity index (χ2v) is 4.60. The third-order valence-corrected chi connectivity index (χ3v) is 2.71. The summed E-state index contributed by atoms with van der Waals surface area (Å²) < 4.78 is 37.3. The molecule has 0 amide bonds. The van der Waals surface area contributed by atoms with Crippen LogP contribution in [0.2, 0.25) is 0 Å². The van der Waals surface area contributed by atoms with Gasteiger partial charge < -0.3 is 5.73 Å². The summed E-state index contributed by atoms with van der Waals surface area (Å²) in [6, 6.07) is 1.59. The van der Waals surface area contributed by atoms with Crippen LogP contribution >= 0.6 is 0 Å². The minimum absolute atomic E-state index is 0.00281. The summed E-state index contributed by atoms with van der Waals surface area (Å²) in [5, 5.41) is 0. The minimum atomic E-state index is -4.20. The van der Waals surface area contributed by atoms with Crippen LogP contribution in [0.5, 0.6) is 0 Å². The Kier molecular flexibility index (Phi) is 3.43. The maximum atomic E-state index is 12.4. The highest BCUT2D eigenvalue weighted by Crippen LogP contribution is 2.31. The van der Waals surface area contributed by atoms with Crippen molar-refractivity contribution in [1.29, 1.82) is 0 Å². The first kappa shape index (κ1) is 13.1. The molecule has 1 aromatic heterocycles. The topological polar surface area (TPSA) is 55.0 Å². The van der Waals surface area contributed by atoms with Gasteiger partial charge in [0.2, 0.25) is 0 Å². The fourth-order valence-corrected chi connectivity index (χ4v) is 1.89. The van der Waals surface area contributed by atoms with Crippen molar-refractivity contribution in [2.24, 2.45) is 0 Å². The molecule has 0 aliphatic heterocycles. The second kappa shape index (κ2) is 4.72. The average Bonchev–Trinajstić information content (AvgIpc) is 2.94. The Morgan fingerprint density at radius 1 is 1.39 bits per heavy atom. The molecule has 1 heterocycles. The first-order chi connectivity index (χ1) is 8.33. The van der Waals surface area contributed by atoms with E-state index in [9.17, 15) is 13.2 Å². The molecule has 1 saturated carbocycles. The molecule has 100 valence electrons. The molecule has 1 aliphatic carbocycles. The molecular formula is C11H15F3N4. The number of hydrogen-bond acceptors (Lipinski definition) is 4. The van der Waals surface area contributed by atoms with E-state index < -0.39 is 12.7 Å². The van der Waals surface area contributed by atoms with Gasteiger partial charge in [0.15, 0.2) is 0 Å². The van der Waals surface area contributed by atoms with Crippen molar-refractivity contribution in [3.63, 3.8) is 0 Å². The number of nitrogens with two attached hydrogens (primary N) is 1. The van der Waals surface area contributed by atoms with E-state index in [0.717, 1.165) is 12.8 Å². The monoisotopic (exact) mass is 260 g/mol. The summed E-state index contributed by atoms with van der Waals surface area (Å²) >= 11 is 0. The van der Waals surface area contributed by atoms with E-state index in [2.05, 4.69) is 9.97 Å². The van der Waals surface area contributed by atoms with Crippen LogP contribution in [0.25, 0.3) is 0 Å². The van der Waals surface area contributed by atoms with Crippen LogP contribution in [-0.2, 0) is 6.54 Å². The van der Waals surface area contributed by atoms with E-state index in [1.807, 2.05) is 0 Å². The molecule has 0 radical (unpaired) electrons. The lowest BCUT2D eigenvalue weighted by Crippen LogP contribution is -2.36. The van der Waals surface area contributed by atoms with Gasteiger partial charge in [-0.3, -0.25) is 4.90 Å². The van der Waals surface area contributed by atoms with Gasteiger partial charge in [-0.15, -0.1) is 0 Å². The largest absolute Gasteiger partial charge is 0.401 e. The van der Waals surface area contributed by atoms with Crippen molar-refractivity contribution in [2.45, 2.75) is 38.5 Å². The average molecular weight is 260 g/mol. The molecular weight excluding hydrogens is 245 g/mol. The Balaban J connectivity index is 2.08. The molecule has 0 aromatic carbocycles. The first-order valence-corrected chi connectivity index (χ1v) is 5.74. The Morgan fingerprint density at radius 3 is 2.56 bits per heavy atom. The molecule has 1 aromatic rings. The molecule has 0 bridgehead atoms. The fraction of sp³-hybridized carbons (Fsp3) is 0.636. The molecule has 2 N–H and O–H groups in total. The molecule has 0 spiro atoms. The van der Waals surface area contributed by atoms with E-state index in [1.165, 1.54) is 4.90 Å². The number of nitrogens with zero attached hydrogens (tertiary/aromatic N) is 3. The van der Waals surface area contributed by atoms with E-state index in [1.54, 1.807) is 13.0 Å². The van der Waals surface area contributed by atoms with Crippen molar-refractivity contribution in [3.8, 4) is 0 Å². The molecule has 2 rings (SSSR count). The molecule has 1 fully saturated rings. The zero-order chi connectivity index (χ0) is 13.3. The summed E-state index contributed by atoms with van der Waals surface area (Å²) in [5.74, 6) is 0.643. The molecule has 0 atom stereocenters. The van der Waals surface area contributed by atoms with Gasteiger partial charge in [-0.2, -0.15) is 13.2 Å². The van der Waals surface area contributed by atoms with E-state index >= 15 is 0 Å². The highest BCUT2D eigenvalue weighted by atomic mass is 19.4. The zero-order valence-electron chi connectivity index (χ0n) is 10.0. The summed E-state index contributed by atoms with van der Waals surface area (Å²) in [6.07, 6.45) is -2.59. The van der Waals surface area contributed by atoms with Crippen molar-refractivity contribution >= 4 is 5.82 Å². The Hall–Kier alpha value is -1.37. The number of aryl methyl sites for hydroxylation is 1. The van der Waals surface area contributed by atoms with Crippen LogP contribution in [0, 0.1) is 6.92 Å². The van der Waals surface area contributed by atoms with Crippen molar-refractivity contribution in [2.75, 3.05) is 12.3 Å². The van der Waals surface area contributed by atoms with Crippen LogP contribution in [0.15, 0.2) is 6.07 Å². The first-order valence-electron chi connectivity index (χ1n) is 5.74. The predicted octanol–water partition coefficient (Wildman–Crippen LogP) is 1.89. The lowest BCUT2D eigenvalue weighted by molar-refractivity contribution is -0.148. The van der Waals surface area contributed by atoms with Crippen LogP contribution in [0.3, 0.4) is 0 Å². The van der Waals surface area contributed by atoms with Gasteiger partial charge in [-0.25, -0.2) is 9.97 Å². The van der Waals surface area contributed by atoms with Crippen molar-refractivity contribution < 1.29 is 13.2 Å². The fourth-order valence-electron chi connectivity index (χ4n) is 1.89. The number of anilines is 1. The lowest BCUT2D eigenvalue weighted by atomic mass is 10.3. The highest BCUT2D eigenvalue weighted by molar-refractivity contribution is 5.29. The number of aromatic nitrogens is 2. The van der Waals surface area contributed by atoms with Gasteiger partial charge in [0.25, 0.3) is 0 Å². The quantitative estimate of drug-likeness (QED) is 0.898. The van der Waals surface area contributed by atoms with Crippen LogP contribution in [-0.4, -0.2) is 33.6 Å². The smallest absolute Gasteiger partial charge is 0.384 e. The standard InChI is InChI=1S/C11H15F3N4/c1-7-4-9(15)17-10(16-7)5-18(8-2-3-8)6-11(12,13)14/h4,8H,2-3,5-6H2,1H3,(H2,15,16,17). The predicted molar refractivity (Wildman–Crippen MR) is 60.7 cm³/mol. The maximum absolute atomic E-state index is 12.4. The molecule has 4 nitrogen and oxygen atoms in total. The molecule has 0 saturated heterocycles. The molecule has 0 unspecified atom stereocenters. The van der Waals surface area contributed by atoms with E-state index in [4.69, 9.17) is 5.73 Å². The summed E-state index contributed by atoms with van der Waals surface area (Å²) in [6.45, 7) is 0.914. The third-order valence-electron chi connectivity index (χ3n) is 2.71. The van der Waals surface area contributed by atoms with Gasteiger partial charge in [-0.05, 0) is 19.8 Å². The maximum Gasteiger partial charge on any atom is 0.401 e. The molecule has 18 heavy (non-hydrogen) atoms. The van der Waals surface area contributed by atoms with Gasteiger partial charge in [0, 0.05) is 17.8 Å². The van der Waals surface area contributed by atoms with Gasteiger partial charge in [0.05, 0.1) is 13.1 Å². The van der Waals surface area contributed by atoms with E-state index in [0.29, 0.717) is 17.3 Å². The normalized spacial score (nSPS) is 16.3.